The molecule has 6 N–H and O–H groups in total. The SMILES string of the molecule is Cc1cc(C)cc(Nc2nc(N[C@@H](C3CCC3)[C@H](C)NC(=O)O)c(F)cc2C(N)=O)c1. The largest absolute Gasteiger partial charge is 0.465 e. The molecular formula is C22H28FN5O3. The highest BCUT2D eigenvalue weighted by atomic mass is 19.1. The summed E-state index contributed by atoms with van der Waals surface area (Å²) in [4.78, 5) is 27.3. The minimum absolute atomic E-state index is 0.0622. The van der Waals surface area contributed by atoms with Crippen molar-refractivity contribution in [3.8, 4) is 0 Å². The average molecular weight is 429 g/mol. The molecule has 31 heavy (non-hydrogen) atoms. The number of benzene rings is 1. The second kappa shape index (κ2) is 9.20. The molecule has 166 valence electrons. The molecule has 1 saturated carbocycles. The van der Waals surface area contributed by atoms with Crippen molar-refractivity contribution < 1.29 is 19.1 Å². The number of anilines is 3. The summed E-state index contributed by atoms with van der Waals surface area (Å²) in [5.41, 5.74) is 8.11. The summed E-state index contributed by atoms with van der Waals surface area (Å²) in [6.45, 7) is 5.62. The zero-order valence-electron chi connectivity index (χ0n) is 17.8. The number of nitrogens with two attached hydrogens (primary N) is 1. The number of nitrogens with one attached hydrogen (secondary N) is 3. The van der Waals surface area contributed by atoms with E-state index in [-0.39, 0.29) is 29.2 Å². The number of aryl methyl sites for hydroxylation is 2. The average Bonchev–Trinajstić information content (AvgIpc) is 2.60. The highest BCUT2D eigenvalue weighted by Crippen LogP contribution is 2.34. The number of halogens is 1. The van der Waals surface area contributed by atoms with E-state index in [4.69, 9.17) is 10.8 Å². The van der Waals surface area contributed by atoms with Gasteiger partial charge in [-0.3, -0.25) is 4.79 Å². The van der Waals surface area contributed by atoms with Gasteiger partial charge < -0.3 is 26.8 Å². The summed E-state index contributed by atoms with van der Waals surface area (Å²) < 4.78 is 14.8. The molecule has 1 fully saturated rings. The second-order valence-electron chi connectivity index (χ2n) is 8.18. The zero-order chi connectivity index (χ0) is 22.7. The number of carbonyl (C=O) groups is 2. The lowest BCUT2D eigenvalue weighted by molar-refractivity contribution is 0.1000. The Kier molecular flexibility index (Phi) is 6.62. The summed E-state index contributed by atoms with van der Waals surface area (Å²) in [5, 5.41) is 17.7. The third-order valence-electron chi connectivity index (χ3n) is 5.58. The first-order valence-electron chi connectivity index (χ1n) is 10.3. The number of hydrogen-bond donors (Lipinski definition) is 5. The van der Waals surface area contributed by atoms with E-state index < -0.39 is 23.9 Å². The predicted molar refractivity (Wildman–Crippen MR) is 117 cm³/mol. The third kappa shape index (κ3) is 5.42. The number of carbonyl (C=O) groups excluding carboxylic acids is 1. The molecule has 9 heteroatoms. The molecule has 2 atom stereocenters. The molecule has 0 bridgehead atoms. The van der Waals surface area contributed by atoms with Crippen molar-refractivity contribution in [2.24, 2.45) is 11.7 Å². The van der Waals surface area contributed by atoms with E-state index in [9.17, 15) is 14.0 Å². The maximum absolute atomic E-state index is 14.8. The van der Waals surface area contributed by atoms with Gasteiger partial charge >= 0.3 is 6.09 Å². The van der Waals surface area contributed by atoms with Gasteiger partial charge in [0.1, 0.15) is 5.82 Å². The normalized spacial score (nSPS) is 15.5. The maximum Gasteiger partial charge on any atom is 0.404 e. The smallest absolute Gasteiger partial charge is 0.404 e. The van der Waals surface area contributed by atoms with Crippen LogP contribution in [0.2, 0.25) is 0 Å². The van der Waals surface area contributed by atoms with E-state index >= 15 is 0 Å². The standard InChI is InChI=1S/C22H28FN5O3/c1-11-7-12(2)9-15(8-11)26-20-16(19(24)29)10-17(23)21(28-20)27-18(14-5-4-6-14)13(3)25-22(30)31/h7-10,13-14,18,25H,4-6H2,1-3H3,(H2,24,29)(H,30,31)(H2,26,27,28)/t13-,18+/m0/s1. The van der Waals surface area contributed by atoms with Crippen LogP contribution in [0.4, 0.5) is 26.5 Å². The quantitative estimate of drug-likeness (QED) is 0.433. The van der Waals surface area contributed by atoms with Crippen molar-refractivity contribution in [2.45, 2.75) is 52.1 Å². The van der Waals surface area contributed by atoms with E-state index in [2.05, 4.69) is 20.9 Å². The fourth-order valence-electron chi connectivity index (χ4n) is 3.95. The van der Waals surface area contributed by atoms with E-state index in [1.807, 2.05) is 32.0 Å². The fraction of sp³-hybridized carbons (Fsp3) is 0.409. The lowest BCUT2D eigenvalue weighted by atomic mass is 9.77. The summed E-state index contributed by atoms with van der Waals surface area (Å²) in [6.07, 6.45) is 1.72. The van der Waals surface area contributed by atoms with Gasteiger partial charge in [0.05, 0.1) is 11.6 Å². The first kappa shape index (κ1) is 22.3. The topological polar surface area (TPSA) is 129 Å². The first-order chi connectivity index (χ1) is 14.6. The Bertz CT molecular complexity index is 973. The van der Waals surface area contributed by atoms with Crippen molar-refractivity contribution in [1.82, 2.24) is 10.3 Å². The Labute approximate surface area is 180 Å². The fourth-order valence-corrected chi connectivity index (χ4v) is 3.95. The lowest BCUT2D eigenvalue weighted by Gasteiger charge is -2.38. The number of rotatable bonds is 8. The summed E-state index contributed by atoms with van der Waals surface area (Å²) in [6, 6.07) is 6.01. The highest BCUT2D eigenvalue weighted by Gasteiger charge is 2.33. The molecule has 2 amide bonds. The van der Waals surface area contributed by atoms with Crippen molar-refractivity contribution in [3.63, 3.8) is 0 Å². The van der Waals surface area contributed by atoms with Crippen molar-refractivity contribution in [2.75, 3.05) is 10.6 Å². The van der Waals surface area contributed by atoms with Crippen molar-refractivity contribution in [3.05, 3.63) is 46.8 Å². The van der Waals surface area contributed by atoms with Crippen LogP contribution in [0.15, 0.2) is 24.3 Å². The number of hydrogen-bond acceptors (Lipinski definition) is 5. The van der Waals surface area contributed by atoms with Gasteiger partial charge in [-0.25, -0.2) is 14.2 Å². The molecule has 0 aliphatic heterocycles. The third-order valence-corrected chi connectivity index (χ3v) is 5.58. The molecular weight excluding hydrogens is 401 g/mol. The van der Waals surface area contributed by atoms with Gasteiger partial charge in [-0.1, -0.05) is 12.5 Å². The summed E-state index contributed by atoms with van der Waals surface area (Å²) in [5.74, 6) is -1.27. The van der Waals surface area contributed by atoms with Gasteiger partial charge in [0.2, 0.25) is 0 Å². The molecule has 1 aromatic carbocycles. The summed E-state index contributed by atoms with van der Waals surface area (Å²) in [7, 11) is 0. The van der Waals surface area contributed by atoms with Crippen LogP contribution in [0.1, 0.15) is 47.7 Å². The Balaban J connectivity index is 1.95. The Morgan fingerprint density at radius 2 is 1.81 bits per heavy atom. The molecule has 2 aromatic rings. The van der Waals surface area contributed by atoms with Crippen molar-refractivity contribution in [1.29, 1.82) is 0 Å². The van der Waals surface area contributed by atoms with Crippen LogP contribution in [0.25, 0.3) is 0 Å². The van der Waals surface area contributed by atoms with Crippen LogP contribution in [-0.4, -0.2) is 34.2 Å². The lowest BCUT2D eigenvalue weighted by Crippen LogP contribution is -2.50. The van der Waals surface area contributed by atoms with E-state index in [1.165, 1.54) is 0 Å². The minimum Gasteiger partial charge on any atom is -0.465 e. The number of amides is 2. The molecule has 0 saturated heterocycles. The van der Waals surface area contributed by atoms with Gasteiger partial charge in [-0.2, -0.15) is 0 Å². The highest BCUT2D eigenvalue weighted by molar-refractivity contribution is 5.98. The number of carboxylic acid groups (broad SMARTS) is 1. The molecule has 8 nitrogen and oxygen atoms in total. The van der Waals surface area contributed by atoms with E-state index in [0.717, 1.165) is 36.5 Å². The van der Waals surface area contributed by atoms with Crippen LogP contribution < -0.4 is 21.7 Å². The Morgan fingerprint density at radius 1 is 1.16 bits per heavy atom. The summed E-state index contributed by atoms with van der Waals surface area (Å²) >= 11 is 0. The van der Waals surface area contributed by atoms with Crippen LogP contribution in [0, 0.1) is 25.6 Å². The molecule has 1 aliphatic rings. The molecule has 3 rings (SSSR count). The molecule has 0 spiro atoms. The van der Waals surface area contributed by atoms with Crippen molar-refractivity contribution >= 4 is 29.3 Å². The number of pyridine rings is 1. The molecule has 1 aliphatic carbocycles. The van der Waals surface area contributed by atoms with Gasteiger partial charge in [-0.15, -0.1) is 0 Å². The number of primary amides is 1. The molecule has 0 unspecified atom stereocenters. The molecule has 1 aromatic heterocycles. The maximum atomic E-state index is 14.8. The zero-order valence-corrected chi connectivity index (χ0v) is 17.8. The van der Waals surface area contributed by atoms with Crippen LogP contribution >= 0.6 is 0 Å². The van der Waals surface area contributed by atoms with Gasteiger partial charge in [0.15, 0.2) is 11.6 Å². The Morgan fingerprint density at radius 3 is 2.32 bits per heavy atom. The monoisotopic (exact) mass is 429 g/mol. The van der Waals surface area contributed by atoms with E-state index in [1.54, 1.807) is 6.92 Å². The van der Waals surface area contributed by atoms with Gasteiger partial charge in [0.25, 0.3) is 5.91 Å². The molecule has 1 heterocycles. The second-order valence-corrected chi connectivity index (χ2v) is 8.18. The van der Waals surface area contributed by atoms with Crippen LogP contribution in [0.3, 0.4) is 0 Å². The minimum atomic E-state index is -1.15. The number of nitrogens with zero attached hydrogens (tertiary/aromatic N) is 1. The van der Waals surface area contributed by atoms with Gasteiger partial charge in [0, 0.05) is 11.7 Å². The van der Waals surface area contributed by atoms with Gasteiger partial charge in [-0.05, 0) is 68.9 Å². The van der Waals surface area contributed by atoms with Crippen LogP contribution in [0.5, 0.6) is 0 Å². The Hall–Kier alpha value is -3.36. The predicted octanol–water partition coefficient (Wildman–Crippen LogP) is 3.92. The van der Waals surface area contributed by atoms with Crippen LogP contribution in [-0.2, 0) is 0 Å². The first-order valence-corrected chi connectivity index (χ1v) is 10.3. The van der Waals surface area contributed by atoms with E-state index in [0.29, 0.717) is 5.69 Å². The molecule has 0 radical (unpaired) electrons. The number of aromatic nitrogens is 1.